The van der Waals surface area contributed by atoms with E-state index >= 15 is 0 Å². The zero-order valence-corrected chi connectivity index (χ0v) is 12.8. The number of hydrogen-bond donors (Lipinski definition) is 1. The first-order valence-corrected chi connectivity index (χ1v) is 7.54. The molecule has 0 bridgehead atoms. The van der Waals surface area contributed by atoms with E-state index in [4.69, 9.17) is 4.74 Å². The second kappa shape index (κ2) is 7.66. The molecule has 19 heavy (non-hydrogen) atoms. The predicted octanol–water partition coefficient (Wildman–Crippen LogP) is 4.27. The maximum absolute atomic E-state index is 10.7. The second-order valence-corrected chi connectivity index (χ2v) is 5.10. The molecule has 1 aromatic carbocycles. The molecule has 0 saturated heterocycles. The summed E-state index contributed by atoms with van der Waals surface area (Å²) >= 11 is 0. The van der Waals surface area contributed by atoms with Crippen molar-refractivity contribution >= 4 is 0 Å². The smallest absolute Gasteiger partial charge is 0.108 e. The molecule has 2 heteroatoms. The van der Waals surface area contributed by atoms with Crippen LogP contribution in [-0.4, -0.2) is 17.3 Å². The molecule has 1 N–H and O–H groups in total. The Morgan fingerprint density at radius 1 is 1.16 bits per heavy atom. The van der Waals surface area contributed by atoms with Crippen LogP contribution in [0.25, 0.3) is 0 Å². The van der Waals surface area contributed by atoms with Crippen molar-refractivity contribution in [2.24, 2.45) is 0 Å². The summed E-state index contributed by atoms with van der Waals surface area (Å²) in [5, 5.41) is 10.7. The van der Waals surface area contributed by atoms with Crippen LogP contribution in [0.3, 0.4) is 0 Å². The molecule has 0 saturated carbocycles. The zero-order chi connectivity index (χ0) is 14.3. The lowest BCUT2D eigenvalue weighted by atomic mass is 9.85. The van der Waals surface area contributed by atoms with Gasteiger partial charge in [-0.1, -0.05) is 51.5 Å². The fourth-order valence-corrected chi connectivity index (χ4v) is 2.72. The highest BCUT2D eigenvalue weighted by atomic mass is 16.5. The molecular weight excluding hydrogens is 236 g/mol. The summed E-state index contributed by atoms with van der Waals surface area (Å²) in [5.74, 6) is 0. The van der Waals surface area contributed by atoms with Crippen molar-refractivity contribution in [3.05, 3.63) is 35.4 Å². The highest BCUT2D eigenvalue weighted by molar-refractivity contribution is 5.27. The first-order valence-electron chi connectivity index (χ1n) is 7.54. The molecule has 1 unspecified atom stereocenters. The van der Waals surface area contributed by atoms with Crippen LogP contribution in [0.1, 0.15) is 64.2 Å². The van der Waals surface area contributed by atoms with E-state index in [1.807, 2.05) is 19.1 Å². The first-order chi connectivity index (χ1) is 9.13. The van der Waals surface area contributed by atoms with Crippen LogP contribution in [0, 0.1) is 0 Å². The van der Waals surface area contributed by atoms with Gasteiger partial charge in [-0.05, 0) is 37.3 Å². The molecule has 0 aromatic heterocycles. The second-order valence-electron chi connectivity index (χ2n) is 5.10. The van der Waals surface area contributed by atoms with E-state index in [-0.39, 0.29) is 0 Å². The van der Waals surface area contributed by atoms with Gasteiger partial charge in [0.2, 0.25) is 0 Å². The molecule has 0 amide bonds. The fourth-order valence-electron chi connectivity index (χ4n) is 2.72. The number of benzene rings is 1. The predicted molar refractivity (Wildman–Crippen MR) is 80.3 cm³/mol. The maximum Gasteiger partial charge on any atom is 0.108 e. The van der Waals surface area contributed by atoms with Crippen molar-refractivity contribution in [1.29, 1.82) is 0 Å². The number of rotatable bonds is 8. The van der Waals surface area contributed by atoms with Crippen LogP contribution in [-0.2, 0) is 11.2 Å². The normalized spacial score (nSPS) is 13.5. The van der Waals surface area contributed by atoms with E-state index in [2.05, 4.69) is 32.9 Å². The van der Waals surface area contributed by atoms with Gasteiger partial charge in [0.15, 0.2) is 0 Å². The van der Waals surface area contributed by atoms with Crippen LogP contribution in [0.4, 0.5) is 0 Å². The minimum atomic E-state index is -0.556. The summed E-state index contributed by atoms with van der Waals surface area (Å²) in [6.07, 6.45) is 3.25. The lowest BCUT2D eigenvalue weighted by Crippen LogP contribution is -2.38. The highest BCUT2D eigenvalue weighted by Crippen LogP contribution is 2.35. The summed E-state index contributed by atoms with van der Waals surface area (Å²) in [4.78, 5) is 0. The van der Waals surface area contributed by atoms with Gasteiger partial charge in [0.1, 0.15) is 6.10 Å². The Morgan fingerprint density at radius 3 is 2.37 bits per heavy atom. The Bertz CT molecular complexity index is 369. The van der Waals surface area contributed by atoms with Gasteiger partial charge < -0.3 is 9.84 Å². The third-order valence-electron chi connectivity index (χ3n) is 3.93. The van der Waals surface area contributed by atoms with Crippen molar-refractivity contribution in [3.8, 4) is 0 Å². The van der Waals surface area contributed by atoms with Gasteiger partial charge in [-0.15, -0.1) is 0 Å². The van der Waals surface area contributed by atoms with Crippen LogP contribution in [0.5, 0.6) is 0 Å². The average molecular weight is 264 g/mol. The number of ether oxygens (including phenoxy) is 1. The number of aliphatic hydroxyl groups is 1. The van der Waals surface area contributed by atoms with Gasteiger partial charge in [-0.25, -0.2) is 0 Å². The standard InChI is InChI=1S/C17H28O2/c1-5-10-14-11-9-12-15(13-14)16(18)17(6-2,7-3)19-8-4/h9,11-13,16,18H,5-8,10H2,1-4H3. The van der Waals surface area contributed by atoms with E-state index in [1.54, 1.807) is 0 Å². The number of aryl methyl sites for hydroxylation is 1. The lowest BCUT2D eigenvalue weighted by molar-refractivity contribution is -0.127. The Kier molecular flexibility index (Phi) is 6.53. The van der Waals surface area contributed by atoms with E-state index < -0.39 is 11.7 Å². The van der Waals surface area contributed by atoms with Gasteiger partial charge >= 0.3 is 0 Å². The summed E-state index contributed by atoms with van der Waals surface area (Å²) in [5.41, 5.74) is 1.80. The third kappa shape index (κ3) is 3.80. The van der Waals surface area contributed by atoms with Gasteiger partial charge in [0.05, 0.1) is 5.60 Å². The van der Waals surface area contributed by atoms with Crippen molar-refractivity contribution in [1.82, 2.24) is 0 Å². The van der Waals surface area contributed by atoms with Crippen LogP contribution in [0.15, 0.2) is 24.3 Å². The Labute approximate surface area is 117 Å². The summed E-state index contributed by atoms with van der Waals surface area (Å²) < 4.78 is 5.89. The van der Waals surface area contributed by atoms with Gasteiger partial charge in [0, 0.05) is 6.61 Å². The summed E-state index contributed by atoms with van der Waals surface area (Å²) in [7, 11) is 0. The molecule has 1 atom stereocenters. The zero-order valence-electron chi connectivity index (χ0n) is 12.8. The van der Waals surface area contributed by atoms with Crippen LogP contribution >= 0.6 is 0 Å². The molecular formula is C17H28O2. The molecule has 0 aliphatic rings. The van der Waals surface area contributed by atoms with E-state index in [0.717, 1.165) is 31.2 Å². The minimum absolute atomic E-state index is 0.459. The van der Waals surface area contributed by atoms with Crippen molar-refractivity contribution < 1.29 is 9.84 Å². The van der Waals surface area contributed by atoms with Gasteiger partial charge in [-0.2, -0.15) is 0 Å². The Balaban J connectivity index is 3.01. The molecule has 108 valence electrons. The molecule has 0 radical (unpaired) electrons. The van der Waals surface area contributed by atoms with Crippen molar-refractivity contribution in [2.75, 3.05) is 6.61 Å². The maximum atomic E-state index is 10.7. The van der Waals surface area contributed by atoms with Crippen molar-refractivity contribution in [3.63, 3.8) is 0 Å². The lowest BCUT2D eigenvalue weighted by Gasteiger charge is -2.36. The number of hydrogen-bond acceptors (Lipinski definition) is 2. The summed E-state index contributed by atoms with van der Waals surface area (Å²) in [6.45, 7) is 8.95. The molecule has 1 rings (SSSR count). The monoisotopic (exact) mass is 264 g/mol. The molecule has 0 spiro atoms. The van der Waals surface area contributed by atoms with E-state index in [1.165, 1.54) is 5.56 Å². The largest absolute Gasteiger partial charge is 0.385 e. The third-order valence-corrected chi connectivity index (χ3v) is 3.93. The summed E-state index contributed by atoms with van der Waals surface area (Å²) in [6, 6.07) is 8.28. The SMILES string of the molecule is CCCc1cccc(C(O)C(CC)(CC)OCC)c1. The van der Waals surface area contributed by atoms with Crippen LogP contribution < -0.4 is 0 Å². The van der Waals surface area contributed by atoms with E-state index in [9.17, 15) is 5.11 Å². The quantitative estimate of drug-likeness (QED) is 0.760. The molecule has 0 aliphatic carbocycles. The number of aliphatic hydroxyl groups excluding tert-OH is 1. The first kappa shape index (κ1) is 16.2. The van der Waals surface area contributed by atoms with Crippen molar-refractivity contribution in [2.45, 2.75) is 65.1 Å². The molecule has 0 aliphatic heterocycles. The van der Waals surface area contributed by atoms with E-state index in [0.29, 0.717) is 6.61 Å². The van der Waals surface area contributed by atoms with Gasteiger partial charge in [0.25, 0.3) is 0 Å². The highest BCUT2D eigenvalue weighted by Gasteiger charge is 2.36. The topological polar surface area (TPSA) is 29.5 Å². The fraction of sp³-hybridized carbons (Fsp3) is 0.647. The van der Waals surface area contributed by atoms with Crippen LogP contribution in [0.2, 0.25) is 0 Å². The molecule has 2 nitrogen and oxygen atoms in total. The average Bonchev–Trinajstić information content (AvgIpc) is 2.45. The Morgan fingerprint density at radius 2 is 1.84 bits per heavy atom. The molecule has 1 aromatic rings. The molecule has 0 fully saturated rings. The van der Waals surface area contributed by atoms with Gasteiger partial charge in [-0.3, -0.25) is 0 Å². The molecule has 0 heterocycles. The minimum Gasteiger partial charge on any atom is -0.385 e. The Hall–Kier alpha value is -0.860.